The highest BCUT2D eigenvalue weighted by Gasteiger charge is 2.31. The van der Waals surface area contributed by atoms with Gasteiger partial charge in [0.2, 0.25) is 0 Å². The van der Waals surface area contributed by atoms with Crippen molar-refractivity contribution >= 4 is 28.5 Å². The number of carbonyl (C=O) groups excluding carboxylic acids is 3. The molecule has 1 aromatic carbocycles. The molecule has 0 saturated carbocycles. The van der Waals surface area contributed by atoms with Gasteiger partial charge in [-0.2, -0.15) is 5.10 Å². The van der Waals surface area contributed by atoms with E-state index < -0.39 is 73.0 Å². The molecule has 4 aromatic rings. The van der Waals surface area contributed by atoms with E-state index in [0.29, 0.717) is 0 Å². The third kappa shape index (κ3) is 4.01. The molecule has 1 aliphatic rings. The molecule has 1 saturated heterocycles. The second-order valence-electron chi connectivity index (χ2n) is 6.97. The van der Waals surface area contributed by atoms with Crippen LogP contribution in [0.4, 0.5) is 0 Å². The fourth-order valence-electron chi connectivity index (χ4n) is 3.31. The zero-order valence-electron chi connectivity index (χ0n) is 29.9. The van der Waals surface area contributed by atoms with E-state index in [1.54, 1.807) is 0 Å². The third-order valence-electron chi connectivity index (χ3n) is 4.93. The summed E-state index contributed by atoms with van der Waals surface area (Å²) in [6.45, 7) is -17.9. The van der Waals surface area contributed by atoms with Crippen LogP contribution in [-0.2, 0) is 4.79 Å². The summed E-state index contributed by atoms with van der Waals surface area (Å²) in [4.78, 5) is 50.4. The van der Waals surface area contributed by atoms with Crippen molar-refractivity contribution in [3.8, 4) is 11.6 Å². The number of pyridine rings is 1. The van der Waals surface area contributed by atoms with E-state index in [0.717, 1.165) is 17.1 Å². The molecule has 11 heteroatoms. The van der Waals surface area contributed by atoms with Gasteiger partial charge in [-0.25, -0.2) is 14.6 Å². The van der Waals surface area contributed by atoms with Gasteiger partial charge in [-0.15, -0.1) is 0 Å². The molecular weight excluding hydrogens is 450 g/mol. The maximum absolute atomic E-state index is 13.8. The largest absolute Gasteiger partial charge is 0.494 e. The molecule has 0 atom stereocenters. The smallest absolute Gasteiger partial charge is 0.295 e. The maximum atomic E-state index is 13.8. The molecule has 0 radical (unpaired) electrons. The van der Waals surface area contributed by atoms with Crippen molar-refractivity contribution in [2.24, 2.45) is 0 Å². The van der Waals surface area contributed by atoms with Crippen LogP contribution in [0.5, 0.6) is 5.75 Å². The number of rotatable bonds is 5. The lowest BCUT2D eigenvalue weighted by Crippen LogP contribution is -2.52. The second-order valence-corrected chi connectivity index (χ2v) is 6.97. The molecule has 1 aliphatic heterocycles. The van der Waals surface area contributed by atoms with Crippen molar-refractivity contribution in [2.45, 2.75) is 6.85 Å². The van der Waals surface area contributed by atoms with Gasteiger partial charge in [0, 0.05) is 41.9 Å². The van der Waals surface area contributed by atoms with Crippen LogP contribution in [0.25, 0.3) is 16.7 Å². The van der Waals surface area contributed by atoms with Crippen LogP contribution in [0, 0.1) is 6.85 Å². The van der Waals surface area contributed by atoms with E-state index in [9.17, 15) is 14.4 Å². The lowest BCUT2D eigenvalue weighted by Gasteiger charge is -2.34. The summed E-state index contributed by atoms with van der Waals surface area (Å²) in [5, 5.41) is 3.56. The lowest BCUT2D eigenvalue weighted by molar-refractivity contribution is -0.127. The number of H-pyrrole nitrogens is 1. The van der Waals surface area contributed by atoms with Gasteiger partial charge < -0.3 is 19.5 Å². The van der Waals surface area contributed by atoms with E-state index in [4.69, 9.17) is 21.2 Å². The molecule has 0 bridgehead atoms. The summed E-state index contributed by atoms with van der Waals surface area (Å²) >= 11 is 0. The van der Waals surface area contributed by atoms with Gasteiger partial charge in [0.05, 0.1) is 40.7 Å². The van der Waals surface area contributed by atoms with Crippen molar-refractivity contribution in [1.29, 1.82) is 0 Å². The van der Waals surface area contributed by atoms with E-state index in [-0.39, 0.29) is 32.9 Å². The number of carbonyl (C=O) groups is 3. The van der Waals surface area contributed by atoms with Crippen LogP contribution in [0.2, 0.25) is 0 Å². The summed E-state index contributed by atoms with van der Waals surface area (Å²) in [7, 11) is 1.17. The number of benzene rings is 1. The van der Waals surface area contributed by atoms with Gasteiger partial charge in [-0.1, -0.05) is 18.2 Å². The molecule has 0 aliphatic carbocycles. The van der Waals surface area contributed by atoms with Gasteiger partial charge in [0.15, 0.2) is 5.82 Å². The van der Waals surface area contributed by atoms with Crippen molar-refractivity contribution in [2.75, 3.05) is 33.1 Å². The number of amides is 2. The van der Waals surface area contributed by atoms with Gasteiger partial charge >= 0.3 is 0 Å². The third-order valence-corrected chi connectivity index (χ3v) is 4.93. The highest BCUT2D eigenvalue weighted by molar-refractivity contribution is 6.45. The first kappa shape index (κ1) is 12.2. The first-order valence-corrected chi connectivity index (χ1v) is 9.89. The molecular formula is C24H23N7O4. The number of ketones is 1. The number of aryl methyl sites for hydroxylation is 1. The van der Waals surface area contributed by atoms with E-state index >= 15 is 0 Å². The fourth-order valence-corrected chi connectivity index (χ4v) is 3.31. The predicted octanol–water partition coefficient (Wildman–Crippen LogP) is 1.63. The average molecular weight is 486 g/mol. The summed E-state index contributed by atoms with van der Waals surface area (Å²) < 4.78 is 105. The van der Waals surface area contributed by atoms with Crippen LogP contribution in [0.15, 0.2) is 49.0 Å². The van der Waals surface area contributed by atoms with Crippen molar-refractivity contribution in [1.82, 2.24) is 34.5 Å². The van der Waals surface area contributed by atoms with Crippen molar-refractivity contribution in [3.05, 3.63) is 66.0 Å². The van der Waals surface area contributed by atoms with Crippen LogP contribution in [0.1, 0.15) is 43.0 Å². The fraction of sp³-hybridized carbons (Fsp3) is 0.250. The first-order chi connectivity index (χ1) is 21.6. The van der Waals surface area contributed by atoms with Crippen LogP contribution in [0.3, 0.4) is 0 Å². The van der Waals surface area contributed by atoms with Crippen molar-refractivity contribution < 1.29 is 35.6 Å². The van der Waals surface area contributed by atoms with Crippen LogP contribution >= 0.6 is 0 Å². The monoisotopic (exact) mass is 485 g/mol. The number of aromatic amines is 1. The molecule has 5 rings (SSSR count). The molecule has 35 heavy (non-hydrogen) atoms. The van der Waals surface area contributed by atoms with Crippen molar-refractivity contribution in [3.63, 3.8) is 0 Å². The molecule has 11 nitrogen and oxygen atoms in total. The normalized spacial score (nSPS) is 24.9. The highest BCUT2D eigenvalue weighted by Crippen LogP contribution is 2.31. The van der Waals surface area contributed by atoms with Gasteiger partial charge in [-0.3, -0.25) is 14.4 Å². The SMILES string of the molecule is [2H]c1nc(C([2H])([2H])[2H])nn1-c1ncc(OC)c2c(C(=O)C(=O)N3C([2H])([2H])C([2H])([2H])N(C(=O)c4ccccc4)C([2H])([2H])C3([2H])[2H])c[nH]c12. The summed E-state index contributed by atoms with van der Waals surface area (Å²) in [5.41, 5.74) is -1.04. The van der Waals surface area contributed by atoms with Crippen LogP contribution in [-0.4, -0.2) is 85.2 Å². The summed E-state index contributed by atoms with van der Waals surface area (Å²) in [6.07, 6.45) is 1.29. The van der Waals surface area contributed by atoms with Crippen LogP contribution < -0.4 is 4.74 Å². The molecule has 4 heterocycles. The van der Waals surface area contributed by atoms with Gasteiger partial charge in [0.1, 0.15) is 19.2 Å². The Morgan fingerprint density at radius 2 is 1.86 bits per heavy atom. The molecule has 1 fully saturated rings. The number of nitrogens with one attached hydrogen (secondary N) is 1. The zero-order valence-corrected chi connectivity index (χ0v) is 17.9. The molecule has 2 amide bonds. The van der Waals surface area contributed by atoms with Gasteiger partial charge in [-0.05, 0) is 19.0 Å². The zero-order chi connectivity index (χ0) is 35.1. The number of hydrogen-bond acceptors (Lipinski definition) is 7. The van der Waals surface area contributed by atoms with Gasteiger partial charge in [0.25, 0.3) is 17.6 Å². The molecule has 3 aromatic heterocycles. The maximum Gasteiger partial charge on any atom is 0.295 e. The minimum Gasteiger partial charge on any atom is -0.494 e. The number of ether oxygens (including phenoxy) is 1. The molecule has 178 valence electrons. The summed E-state index contributed by atoms with van der Waals surface area (Å²) in [6, 6.07) is 6.61. The Hall–Kier alpha value is -4.54. The number of fused-ring (bicyclic) bond motifs is 1. The van der Waals surface area contributed by atoms with E-state index in [1.165, 1.54) is 37.4 Å². The minimum atomic E-state index is -3.84. The number of Topliss-reactive ketones (excluding diaryl/α,β-unsaturated/α-hetero) is 1. The molecule has 0 unspecified atom stereocenters. The Bertz CT molecular complexity index is 1900. The predicted molar refractivity (Wildman–Crippen MR) is 126 cm³/mol. The first-order valence-electron chi connectivity index (χ1n) is 15.9. The molecule has 1 N–H and O–H groups in total. The van der Waals surface area contributed by atoms with E-state index in [2.05, 4.69) is 20.1 Å². The number of hydrogen-bond donors (Lipinski definition) is 1. The number of methoxy groups -OCH3 is 1. The Kier molecular flexibility index (Phi) is 3.15. The number of nitrogens with zero attached hydrogens (tertiary/aromatic N) is 6. The Morgan fingerprint density at radius 1 is 1.11 bits per heavy atom. The quantitative estimate of drug-likeness (QED) is 0.336. The highest BCUT2D eigenvalue weighted by atomic mass is 16.5. The Morgan fingerprint density at radius 3 is 2.54 bits per heavy atom. The Balaban J connectivity index is 1.62. The topological polar surface area (TPSA) is 126 Å². The molecule has 0 spiro atoms. The standard InChI is InChI=1S/C24H23N7O4/c1-15-27-14-31(28-15)22-20-19(18(35-2)13-26-22)17(12-25-20)21(32)24(34)30-10-8-29(9-11-30)23(33)16-6-4-3-5-7-16/h3-7,12-14,25H,8-11H2,1-2H3/i1D3,8D2,9D2,10D2,11D2,14D. The minimum absolute atomic E-state index is 0.147. The average Bonchev–Trinajstić information content (AvgIpc) is 3.60. The Labute approximate surface area is 217 Å². The number of piperazine rings is 1. The lowest BCUT2D eigenvalue weighted by atomic mass is 10.1. The second kappa shape index (κ2) is 9.01. The number of aromatic nitrogens is 5. The summed E-state index contributed by atoms with van der Waals surface area (Å²) in [5.74, 6) is -6.22. The van der Waals surface area contributed by atoms with E-state index in [1.807, 2.05) is 0 Å².